The Labute approximate surface area is 122 Å². The standard InChI is InChI=1S/C15H17N3O3/c1-10-13(14(19)17(3)11(2)15(20)21)9-16-18(10)12-7-5-4-6-8-12/h4-9,11H,1-3H3,(H,20,21). The topological polar surface area (TPSA) is 75.4 Å². The quantitative estimate of drug-likeness (QED) is 0.929. The number of carboxylic acid groups (broad SMARTS) is 1. The van der Waals surface area contributed by atoms with Gasteiger partial charge in [0, 0.05) is 7.05 Å². The van der Waals surface area contributed by atoms with Gasteiger partial charge < -0.3 is 10.0 Å². The molecule has 1 amide bonds. The van der Waals surface area contributed by atoms with Crippen molar-refractivity contribution in [3.05, 3.63) is 47.8 Å². The minimum atomic E-state index is -1.04. The number of carboxylic acids is 1. The molecule has 2 aromatic rings. The average molecular weight is 287 g/mol. The van der Waals surface area contributed by atoms with E-state index in [-0.39, 0.29) is 5.91 Å². The van der Waals surface area contributed by atoms with Gasteiger partial charge in [0.2, 0.25) is 0 Å². The fourth-order valence-corrected chi connectivity index (χ4v) is 1.98. The second-order valence-corrected chi connectivity index (χ2v) is 4.82. The maximum atomic E-state index is 12.4. The number of carbonyl (C=O) groups excluding carboxylic acids is 1. The lowest BCUT2D eigenvalue weighted by molar-refractivity contribution is -0.141. The molecule has 21 heavy (non-hydrogen) atoms. The number of likely N-dealkylation sites (N-methyl/N-ethyl adjacent to an activating group) is 1. The van der Waals surface area contributed by atoms with Crippen molar-refractivity contribution in [1.29, 1.82) is 0 Å². The monoisotopic (exact) mass is 287 g/mol. The first-order chi connectivity index (χ1) is 9.93. The maximum absolute atomic E-state index is 12.4. The van der Waals surface area contributed by atoms with Crippen LogP contribution in [0.25, 0.3) is 5.69 Å². The van der Waals surface area contributed by atoms with Crippen molar-refractivity contribution in [2.75, 3.05) is 7.05 Å². The van der Waals surface area contributed by atoms with Crippen molar-refractivity contribution in [3.8, 4) is 5.69 Å². The number of aliphatic carboxylic acids is 1. The SMILES string of the molecule is Cc1c(C(=O)N(C)C(C)C(=O)O)cnn1-c1ccccc1. The molecule has 1 N–H and O–H groups in total. The Bertz CT molecular complexity index is 664. The molecule has 6 heteroatoms. The second-order valence-electron chi connectivity index (χ2n) is 4.82. The fourth-order valence-electron chi connectivity index (χ4n) is 1.98. The van der Waals surface area contributed by atoms with Crippen LogP contribution in [-0.2, 0) is 4.79 Å². The van der Waals surface area contributed by atoms with E-state index in [2.05, 4.69) is 5.10 Å². The highest BCUT2D eigenvalue weighted by Gasteiger charge is 2.25. The minimum absolute atomic E-state index is 0.357. The molecular weight excluding hydrogens is 270 g/mol. The van der Waals surface area contributed by atoms with Crippen LogP contribution in [0.1, 0.15) is 23.0 Å². The number of carbonyl (C=O) groups is 2. The zero-order chi connectivity index (χ0) is 15.6. The molecule has 0 radical (unpaired) electrons. The van der Waals surface area contributed by atoms with Crippen molar-refractivity contribution in [3.63, 3.8) is 0 Å². The van der Waals surface area contributed by atoms with Crippen LogP contribution in [0.15, 0.2) is 36.5 Å². The molecule has 0 saturated carbocycles. The van der Waals surface area contributed by atoms with E-state index >= 15 is 0 Å². The van der Waals surface area contributed by atoms with Gasteiger partial charge in [-0.25, -0.2) is 9.48 Å². The number of nitrogens with zero attached hydrogens (tertiary/aromatic N) is 3. The summed E-state index contributed by atoms with van der Waals surface area (Å²) in [5, 5.41) is 13.2. The molecule has 0 fully saturated rings. The third kappa shape index (κ3) is 2.79. The summed E-state index contributed by atoms with van der Waals surface area (Å²) >= 11 is 0. The van der Waals surface area contributed by atoms with Crippen molar-refractivity contribution >= 4 is 11.9 Å². The van der Waals surface area contributed by atoms with Crippen LogP contribution in [-0.4, -0.2) is 44.8 Å². The van der Waals surface area contributed by atoms with Crippen LogP contribution in [0.2, 0.25) is 0 Å². The summed E-state index contributed by atoms with van der Waals surface area (Å²) in [4.78, 5) is 24.5. The molecule has 1 aromatic carbocycles. The van der Waals surface area contributed by atoms with E-state index in [1.54, 1.807) is 11.6 Å². The van der Waals surface area contributed by atoms with E-state index in [9.17, 15) is 9.59 Å². The molecule has 1 heterocycles. The zero-order valence-corrected chi connectivity index (χ0v) is 12.1. The van der Waals surface area contributed by atoms with Crippen LogP contribution < -0.4 is 0 Å². The van der Waals surface area contributed by atoms with Crippen LogP contribution in [0, 0.1) is 6.92 Å². The molecule has 0 bridgehead atoms. The van der Waals surface area contributed by atoms with E-state index in [0.29, 0.717) is 11.3 Å². The number of benzene rings is 1. The van der Waals surface area contributed by atoms with Crippen LogP contribution in [0.5, 0.6) is 0 Å². The van der Waals surface area contributed by atoms with Gasteiger partial charge in [0.25, 0.3) is 5.91 Å². The van der Waals surface area contributed by atoms with Gasteiger partial charge in [0.05, 0.1) is 23.1 Å². The third-order valence-corrected chi connectivity index (χ3v) is 3.50. The highest BCUT2D eigenvalue weighted by atomic mass is 16.4. The molecule has 1 atom stereocenters. The summed E-state index contributed by atoms with van der Waals surface area (Å²) < 4.78 is 1.66. The summed E-state index contributed by atoms with van der Waals surface area (Å²) in [6, 6.07) is 8.55. The van der Waals surface area contributed by atoms with Gasteiger partial charge in [-0.15, -0.1) is 0 Å². The van der Waals surface area contributed by atoms with Gasteiger partial charge in [-0.2, -0.15) is 5.10 Å². The van der Waals surface area contributed by atoms with Gasteiger partial charge in [-0.05, 0) is 26.0 Å². The van der Waals surface area contributed by atoms with E-state index in [4.69, 9.17) is 5.11 Å². The first-order valence-electron chi connectivity index (χ1n) is 6.53. The molecule has 110 valence electrons. The first kappa shape index (κ1) is 14.8. The van der Waals surface area contributed by atoms with Crippen molar-refractivity contribution in [2.24, 2.45) is 0 Å². The van der Waals surface area contributed by atoms with Gasteiger partial charge in [-0.3, -0.25) is 4.79 Å². The van der Waals surface area contributed by atoms with E-state index in [1.165, 1.54) is 25.1 Å². The summed E-state index contributed by atoms with van der Waals surface area (Å²) in [6.07, 6.45) is 1.47. The molecule has 0 aliphatic heterocycles. The summed E-state index contributed by atoms with van der Waals surface area (Å²) in [7, 11) is 1.47. The second kappa shape index (κ2) is 5.78. The Balaban J connectivity index is 2.33. The Morgan fingerprint density at radius 3 is 2.48 bits per heavy atom. The van der Waals surface area contributed by atoms with Gasteiger partial charge in [0.15, 0.2) is 0 Å². The molecule has 0 aliphatic carbocycles. The van der Waals surface area contributed by atoms with Crippen molar-refractivity contribution in [2.45, 2.75) is 19.9 Å². The number of hydrogen-bond acceptors (Lipinski definition) is 3. The smallest absolute Gasteiger partial charge is 0.326 e. The molecular formula is C15H17N3O3. The maximum Gasteiger partial charge on any atom is 0.326 e. The summed E-state index contributed by atoms with van der Waals surface area (Å²) in [5.41, 5.74) is 1.92. The Hall–Kier alpha value is -2.63. The number of para-hydroxylation sites is 1. The third-order valence-electron chi connectivity index (χ3n) is 3.50. The number of amides is 1. The summed E-state index contributed by atoms with van der Waals surface area (Å²) in [5.74, 6) is -1.40. The lowest BCUT2D eigenvalue weighted by Crippen LogP contribution is -2.40. The molecule has 0 aliphatic rings. The lowest BCUT2D eigenvalue weighted by atomic mass is 10.2. The van der Waals surface area contributed by atoms with Crippen molar-refractivity contribution < 1.29 is 14.7 Å². The minimum Gasteiger partial charge on any atom is -0.480 e. The summed E-state index contributed by atoms with van der Waals surface area (Å²) in [6.45, 7) is 3.25. The number of rotatable bonds is 4. The van der Waals surface area contributed by atoms with Gasteiger partial charge >= 0.3 is 5.97 Å². The number of hydrogen-bond donors (Lipinski definition) is 1. The molecule has 6 nitrogen and oxygen atoms in total. The molecule has 0 saturated heterocycles. The van der Waals surface area contributed by atoms with Crippen LogP contribution in [0.3, 0.4) is 0 Å². The predicted octanol–water partition coefficient (Wildman–Crippen LogP) is 1.73. The number of aromatic nitrogens is 2. The molecule has 0 spiro atoms. The highest BCUT2D eigenvalue weighted by Crippen LogP contribution is 2.16. The van der Waals surface area contributed by atoms with Crippen LogP contribution >= 0.6 is 0 Å². The Morgan fingerprint density at radius 1 is 1.29 bits per heavy atom. The van der Waals surface area contributed by atoms with E-state index in [1.807, 2.05) is 30.3 Å². The van der Waals surface area contributed by atoms with Gasteiger partial charge in [0.1, 0.15) is 6.04 Å². The Kier molecular flexibility index (Phi) is 4.07. The first-order valence-corrected chi connectivity index (χ1v) is 6.53. The van der Waals surface area contributed by atoms with E-state index < -0.39 is 12.0 Å². The zero-order valence-electron chi connectivity index (χ0n) is 12.1. The molecule has 1 unspecified atom stereocenters. The van der Waals surface area contributed by atoms with E-state index in [0.717, 1.165) is 5.69 Å². The normalized spacial score (nSPS) is 12.0. The molecule has 1 aromatic heterocycles. The predicted molar refractivity (Wildman–Crippen MR) is 77.5 cm³/mol. The fraction of sp³-hybridized carbons (Fsp3) is 0.267. The molecule has 2 rings (SSSR count). The lowest BCUT2D eigenvalue weighted by Gasteiger charge is -2.21. The van der Waals surface area contributed by atoms with Gasteiger partial charge in [-0.1, -0.05) is 18.2 Å². The average Bonchev–Trinajstić information content (AvgIpc) is 2.87. The van der Waals surface area contributed by atoms with Crippen molar-refractivity contribution in [1.82, 2.24) is 14.7 Å². The largest absolute Gasteiger partial charge is 0.480 e. The highest BCUT2D eigenvalue weighted by molar-refractivity contribution is 5.97. The Morgan fingerprint density at radius 2 is 1.90 bits per heavy atom. The van der Waals surface area contributed by atoms with Crippen LogP contribution in [0.4, 0.5) is 0 Å².